The Morgan fingerprint density at radius 3 is 2.55 bits per heavy atom. The molecule has 0 aliphatic carbocycles. The minimum atomic E-state index is -3.15. The Hall–Kier alpha value is -2.87. The van der Waals surface area contributed by atoms with Crippen LogP contribution in [0.3, 0.4) is 0 Å². The first-order valence-electron chi connectivity index (χ1n) is 9.41. The fourth-order valence-corrected chi connectivity index (χ4v) is 5.23. The maximum Gasteiger partial charge on any atom is 0.276 e. The number of aromatic nitrogens is 1. The highest BCUT2D eigenvalue weighted by Gasteiger charge is 2.36. The van der Waals surface area contributed by atoms with E-state index in [1.165, 1.54) is 4.90 Å². The summed E-state index contributed by atoms with van der Waals surface area (Å²) in [5, 5.41) is 3.94. The molecule has 0 bridgehead atoms. The molecule has 0 spiro atoms. The van der Waals surface area contributed by atoms with E-state index < -0.39 is 15.9 Å². The van der Waals surface area contributed by atoms with Gasteiger partial charge in [-0.1, -0.05) is 35.0 Å². The molecule has 3 heterocycles. The highest BCUT2D eigenvalue weighted by Crippen LogP contribution is 2.25. The van der Waals surface area contributed by atoms with E-state index in [2.05, 4.69) is 5.16 Å². The lowest BCUT2D eigenvalue weighted by Gasteiger charge is -2.26. The van der Waals surface area contributed by atoms with Crippen molar-refractivity contribution < 1.29 is 22.2 Å². The Morgan fingerprint density at radius 1 is 1.17 bits per heavy atom. The van der Waals surface area contributed by atoms with Crippen LogP contribution in [0.4, 0.5) is 0 Å². The van der Waals surface area contributed by atoms with Crippen molar-refractivity contribution in [3.63, 3.8) is 0 Å². The number of amides is 1. The van der Waals surface area contributed by atoms with Crippen LogP contribution >= 0.6 is 0 Å². The van der Waals surface area contributed by atoms with Crippen molar-refractivity contribution in [2.45, 2.75) is 32.9 Å². The SMILES string of the molecule is Cc1ccc(-c2cc(C(=O)N(Cc3ccc(C)o3)C3CCS(=O)(=O)C3)no2)cc1. The van der Waals surface area contributed by atoms with Crippen molar-refractivity contribution in [1.29, 1.82) is 0 Å². The monoisotopic (exact) mass is 414 g/mol. The van der Waals surface area contributed by atoms with Crippen molar-refractivity contribution in [2.75, 3.05) is 11.5 Å². The van der Waals surface area contributed by atoms with Gasteiger partial charge in [-0.05, 0) is 32.4 Å². The molecule has 152 valence electrons. The van der Waals surface area contributed by atoms with Gasteiger partial charge in [-0.25, -0.2) is 8.42 Å². The van der Waals surface area contributed by atoms with Crippen LogP contribution in [0.5, 0.6) is 0 Å². The van der Waals surface area contributed by atoms with Gasteiger partial charge in [0, 0.05) is 17.7 Å². The van der Waals surface area contributed by atoms with Crippen LogP contribution in [-0.4, -0.2) is 41.9 Å². The summed E-state index contributed by atoms with van der Waals surface area (Å²) in [6, 6.07) is 12.5. The van der Waals surface area contributed by atoms with E-state index in [0.717, 1.165) is 16.9 Å². The second-order valence-corrected chi connectivity index (χ2v) is 9.67. The number of carbonyl (C=O) groups excluding carboxylic acids is 1. The summed E-state index contributed by atoms with van der Waals surface area (Å²) in [6.07, 6.45) is 0.399. The molecule has 3 aromatic rings. The zero-order valence-electron chi connectivity index (χ0n) is 16.3. The minimum Gasteiger partial charge on any atom is -0.464 e. The molecule has 1 aliphatic heterocycles. The molecular weight excluding hydrogens is 392 g/mol. The van der Waals surface area contributed by atoms with Crippen LogP contribution in [0.15, 0.2) is 51.4 Å². The van der Waals surface area contributed by atoms with Gasteiger partial charge in [0.25, 0.3) is 5.91 Å². The largest absolute Gasteiger partial charge is 0.464 e. The van der Waals surface area contributed by atoms with Gasteiger partial charge in [0.1, 0.15) is 11.5 Å². The number of sulfone groups is 1. The fourth-order valence-electron chi connectivity index (χ4n) is 3.50. The summed E-state index contributed by atoms with van der Waals surface area (Å²) in [5.74, 6) is 1.47. The molecule has 29 heavy (non-hydrogen) atoms. The second-order valence-electron chi connectivity index (χ2n) is 7.44. The van der Waals surface area contributed by atoms with Gasteiger partial charge in [0.05, 0.1) is 18.1 Å². The number of furan rings is 1. The highest BCUT2D eigenvalue weighted by atomic mass is 32.2. The number of hydrogen-bond donors (Lipinski definition) is 0. The van der Waals surface area contributed by atoms with Gasteiger partial charge >= 0.3 is 0 Å². The van der Waals surface area contributed by atoms with Crippen LogP contribution in [0.2, 0.25) is 0 Å². The summed E-state index contributed by atoms with van der Waals surface area (Å²) < 4.78 is 35.0. The van der Waals surface area contributed by atoms with Crippen molar-refractivity contribution >= 4 is 15.7 Å². The predicted octanol–water partition coefficient (Wildman–Crippen LogP) is 3.38. The van der Waals surface area contributed by atoms with E-state index in [-0.39, 0.29) is 29.7 Å². The van der Waals surface area contributed by atoms with Gasteiger partial charge in [-0.15, -0.1) is 0 Å². The summed E-state index contributed by atoms with van der Waals surface area (Å²) in [7, 11) is -3.15. The van der Waals surface area contributed by atoms with Crippen LogP contribution in [-0.2, 0) is 16.4 Å². The van der Waals surface area contributed by atoms with Gasteiger partial charge < -0.3 is 13.8 Å². The minimum absolute atomic E-state index is 0.0545. The van der Waals surface area contributed by atoms with E-state index >= 15 is 0 Å². The molecule has 1 amide bonds. The van der Waals surface area contributed by atoms with E-state index in [1.807, 2.05) is 44.2 Å². The average molecular weight is 414 g/mol. The predicted molar refractivity (Wildman–Crippen MR) is 107 cm³/mol. The maximum atomic E-state index is 13.2. The summed E-state index contributed by atoms with van der Waals surface area (Å²) in [6.45, 7) is 3.99. The quantitative estimate of drug-likeness (QED) is 0.635. The summed E-state index contributed by atoms with van der Waals surface area (Å²) in [4.78, 5) is 14.7. The smallest absolute Gasteiger partial charge is 0.276 e. The topological polar surface area (TPSA) is 93.6 Å². The molecule has 1 atom stereocenters. The number of nitrogens with zero attached hydrogens (tertiary/aromatic N) is 2. The van der Waals surface area contributed by atoms with Crippen LogP contribution < -0.4 is 0 Å². The Kier molecular flexibility index (Phi) is 5.04. The fraction of sp³-hybridized carbons (Fsp3) is 0.333. The van der Waals surface area contributed by atoms with Crippen LogP contribution in [0.1, 0.15) is 34.0 Å². The molecule has 2 aromatic heterocycles. The van der Waals surface area contributed by atoms with Gasteiger partial charge in [-0.2, -0.15) is 0 Å². The molecule has 1 saturated heterocycles. The Labute approximate surface area is 169 Å². The third kappa shape index (κ3) is 4.27. The van der Waals surface area contributed by atoms with Crippen molar-refractivity contribution in [2.24, 2.45) is 0 Å². The summed E-state index contributed by atoms with van der Waals surface area (Å²) >= 11 is 0. The molecule has 1 aromatic carbocycles. The molecule has 4 rings (SSSR count). The molecule has 1 fully saturated rings. The third-order valence-electron chi connectivity index (χ3n) is 5.10. The van der Waals surface area contributed by atoms with E-state index in [4.69, 9.17) is 8.94 Å². The Morgan fingerprint density at radius 2 is 1.93 bits per heavy atom. The lowest BCUT2D eigenvalue weighted by molar-refractivity contribution is 0.0655. The van der Waals surface area contributed by atoms with E-state index in [0.29, 0.717) is 17.9 Å². The molecule has 8 heteroatoms. The molecule has 0 N–H and O–H groups in total. The average Bonchev–Trinajstić information content (AvgIpc) is 3.40. The normalized spacial score (nSPS) is 18.1. The van der Waals surface area contributed by atoms with Gasteiger partial charge in [0.15, 0.2) is 21.3 Å². The zero-order chi connectivity index (χ0) is 20.6. The van der Waals surface area contributed by atoms with Crippen molar-refractivity contribution in [1.82, 2.24) is 10.1 Å². The van der Waals surface area contributed by atoms with Crippen molar-refractivity contribution in [3.05, 3.63) is 65.2 Å². The first-order valence-corrected chi connectivity index (χ1v) is 11.2. The van der Waals surface area contributed by atoms with E-state index in [9.17, 15) is 13.2 Å². The molecule has 1 aliphatic rings. The highest BCUT2D eigenvalue weighted by molar-refractivity contribution is 7.91. The third-order valence-corrected chi connectivity index (χ3v) is 6.85. The standard InChI is InChI=1S/C21H22N2O5S/c1-14-3-6-16(7-4-14)20-11-19(22-28-20)21(24)23(12-18-8-5-15(2)27-18)17-9-10-29(25,26)13-17/h3-8,11,17H,9-10,12-13H2,1-2H3. The number of hydrogen-bond acceptors (Lipinski definition) is 6. The number of carbonyl (C=O) groups is 1. The van der Waals surface area contributed by atoms with Crippen LogP contribution in [0, 0.1) is 13.8 Å². The molecule has 7 nitrogen and oxygen atoms in total. The summed E-state index contributed by atoms with van der Waals surface area (Å²) in [5.41, 5.74) is 2.08. The zero-order valence-corrected chi connectivity index (χ0v) is 17.1. The maximum absolute atomic E-state index is 13.2. The van der Waals surface area contributed by atoms with Gasteiger partial charge in [-0.3, -0.25) is 4.79 Å². The first-order chi connectivity index (χ1) is 13.8. The lowest BCUT2D eigenvalue weighted by atomic mass is 10.1. The second kappa shape index (κ2) is 7.51. The number of benzene rings is 1. The number of rotatable bonds is 5. The number of aryl methyl sites for hydroxylation is 2. The molecule has 1 unspecified atom stereocenters. The molecular formula is C21H22N2O5S. The Balaban J connectivity index is 1.61. The lowest BCUT2D eigenvalue weighted by Crippen LogP contribution is -2.40. The van der Waals surface area contributed by atoms with Crippen molar-refractivity contribution in [3.8, 4) is 11.3 Å². The Bertz CT molecular complexity index is 1130. The first kappa shape index (κ1) is 19.4. The molecule has 0 radical (unpaired) electrons. The van der Waals surface area contributed by atoms with Gasteiger partial charge in [0.2, 0.25) is 0 Å². The van der Waals surface area contributed by atoms with E-state index in [1.54, 1.807) is 12.1 Å². The van der Waals surface area contributed by atoms with Crippen LogP contribution in [0.25, 0.3) is 11.3 Å². The molecule has 0 saturated carbocycles.